The minimum absolute atomic E-state index is 0.209. The molecule has 1 aromatic carbocycles. The van der Waals surface area contributed by atoms with E-state index in [1.165, 1.54) is 10.5 Å². The Balaban J connectivity index is 2.14. The Labute approximate surface area is 111 Å². The van der Waals surface area contributed by atoms with Crippen molar-refractivity contribution in [3.63, 3.8) is 0 Å². The zero-order valence-corrected chi connectivity index (χ0v) is 12.2. The average molecular weight is 269 g/mol. The van der Waals surface area contributed by atoms with Crippen LogP contribution in [0.5, 0.6) is 0 Å². The first kappa shape index (κ1) is 13.3. The summed E-state index contributed by atoms with van der Waals surface area (Å²) in [7, 11) is 0. The van der Waals surface area contributed by atoms with Gasteiger partial charge in [-0.15, -0.1) is 16.5 Å². The van der Waals surface area contributed by atoms with Crippen LogP contribution in [0.3, 0.4) is 0 Å². The molecular weight excluding hydrogens is 250 g/mol. The van der Waals surface area contributed by atoms with Gasteiger partial charge in [-0.05, 0) is 44.6 Å². The molecule has 0 bridgehead atoms. The van der Waals surface area contributed by atoms with Crippen LogP contribution < -0.4 is 4.72 Å². The molecule has 17 heavy (non-hydrogen) atoms. The highest BCUT2D eigenvalue weighted by molar-refractivity contribution is 7.99. The van der Waals surface area contributed by atoms with E-state index in [4.69, 9.17) is 0 Å². The molecule has 0 radical (unpaired) electrons. The third-order valence-electron chi connectivity index (χ3n) is 2.76. The van der Waals surface area contributed by atoms with Gasteiger partial charge in [-0.1, -0.05) is 18.2 Å². The van der Waals surface area contributed by atoms with Crippen molar-refractivity contribution in [1.29, 1.82) is 0 Å². The van der Waals surface area contributed by atoms with E-state index in [2.05, 4.69) is 29.0 Å². The topological polar surface area (TPSA) is 35.1 Å². The molecule has 0 aromatic heterocycles. The van der Waals surface area contributed by atoms with Crippen molar-refractivity contribution in [2.24, 2.45) is 0 Å². The lowest BCUT2D eigenvalue weighted by Gasteiger charge is -2.30. The zero-order chi connectivity index (χ0) is 12.5. The first-order chi connectivity index (χ1) is 7.98. The Bertz CT molecular complexity index is 389. The molecule has 1 aliphatic rings. The van der Waals surface area contributed by atoms with Gasteiger partial charge in [-0.2, -0.15) is 0 Å². The van der Waals surface area contributed by atoms with Gasteiger partial charge in [0.25, 0.3) is 0 Å². The highest BCUT2D eigenvalue weighted by Crippen LogP contribution is 2.36. The standard InChI is InChI=1S/C13H19NOS2/c1-13(2,3)17(15)14-11-8-9-16-12-7-5-4-6-10(11)12/h4-7,11,14H,8-9H2,1-3H3/t11-,17+/m0/s1. The number of rotatable bonds is 2. The second-order valence-corrected chi connectivity index (χ2v) is 8.36. The molecule has 1 N–H and O–H groups in total. The van der Waals surface area contributed by atoms with Crippen molar-refractivity contribution in [2.45, 2.75) is 42.9 Å². The van der Waals surface area contributed by atoms with Crippen molar-refractivity contribution in [3.05, 3.63) is 29.8 Å². The average Bonchev–Trinajstić information content (AvgIpc) is 2.28. The van der Waals surface area contributed by atoms with Crippen LogP contribution in [-0.2, 0) is 11.4 Å². The van der Waals surface area contributed by atoms with Crippen molar-refractivity contribution in [2.75, 3.05) is 5.75 Å². The fourth-order valence-corrected chi connectivity index (χ4v) is 3.75. The molecule has 2 rings (SSSR count). The van der Waals surface area contributed by atoms with Crippen LogP contribution in [0.15, 0.2) is 29.2 Å². The first-order valence-electron chi connectivity index (χ1n) is 5.88. The fourth-order valence-electron chi connectivity index (χ4n) is 1.77. The predicted octanol–water partition coefficient (Wildman–Crippen LogP) is 3.28. The monoisotopic (exact) mass is 269 g/mol. The number of fused-ring (bicyclic) bond motifs is 1. The number of hydrogen-bond acceptors (Lipinski definition) is 3. The van der Waals surface area contributed by atoms with Crippen LogP contribution in [-0.4, -0.2) is 15.1 Å². The molecule has 1 aliphatic heterocycles. The quantitative estimate of drug-likeness (QED) is 0.837. The lowest BCUT2D eigenvalue weighted by Crippen LogP contribution is -2.42. The molecule has 0 unspecified atom stereocenters. The number of thioether (sulfide) groups is 1. The Hall–Kier alpha value is -0.160. The predicted molar refractivity (Wildman–Crippen MR) is 75.6 cm³/mol. The highest BCUT2D eigenvalue weighted by Gasteiger charge is 2.31. The normalized spacial score (nSPS) is 22.0. The van der Waals surface area contributed by atoms with Crippen LogP contribution in [0, 0.1) is 0 Å². The third-order valence-corrected chi connectivity index (χ3v) is 5.50. The maximum absolute atomic E-state index is 12.1. The lowest BCUT2D eigenvalue weighted by atomic mass is 10.1. The summed E-state index contributed by atoms with van der Waals surface area (Å²) in [5.41, 5.74) is 1.29. The Morgan fingerprint density at radius 1 is 1.35 bits per heavy atom. The molecule has 1 heterocycles. The van der Waals surface area contributed by atoms with Gasteiger partial charge in [-0.3, -0.25) is 0 Å². The highest BCUT2D eigenvalue weighted by atomic mass is 32.2. The van der Waals surface area contributed by atoms with Gasteiger partial charge >= 0.3 is 0 Å². The van der Waals surface area contributed by atoms with Gasteiger partial charge in [0, 0.05) is 16.3 Å². The molecule has 0 saturated heterocycles. The van der Waals surface area contributed by atoms with E-state index in [0.29, 0.717) is 0 Å². The Morgan fingerprint density at radius 2 is 2.06 bits per heavy atom. The molecule has 94 valence electrons. The van der Waals surface area contributed by atoms with Crippen molar-refractivity contribution >= 4 is 23.1 Å². The smallest absolute Gasteiger partial charge is 0.136 e. The summed E-state index contributed by atoms with van der Waals surface area (Å²) in [4.78, 5) is 1.32. The van der Waals surface area contributed by atoms with Gasteiger partial charge in [0.2, 0.25) is 0 Å². The number of hydrogen-bond donors (Lipinski definition) is 1. The van der Waals surface area contributed by atoms with Crippen molar-refractivity contribution < 1.29 is 4.55 Å². The van der Waals surface area contributed by atoms with Gasteiger partial charge in [0.15, 0.2) is 0 Å². The summed E-state index contributed by atoms with van der Waals surface area (Å²) in [6.07, 6.45) is 1.05. The van der Waals surface area contributed by atoms with Crippen LogP contribution in [0.2, 0.25) is 0 Å². The van der Waals surface area contributed by atoms with Crippen molar-refractivity contribution in [1.82, 2.24) is 4.72 Å². The van der Waals surface area contributed by atoms with Crippen LogP contribution >= 0.6 is 11.8 Å². The van der Waals surface area contributed by atoms with Gasteiger partial charge in [-0.25, -0.2) is 0 Å². The zero-order valence-electron chi connectivity index (χ0n) is 10.5. The fraction of sp³-hybridized carbons (Fsp3) is 0.538. The molecule has 2 nitrogen and oxygen atoms in total. The molecule has 2 atom stereocenters. The maximum atomic E-state index is 12.1. The maximum Gasteiger partial charge on any atom is 0.136 e. The van der Waals surface area contributed by atoms with Gasteiger partial charge in [0.05, 0.1) is 6.04 Å². The van der Waals surface area contributed by atoms with Gasteiger partial charge in [0.1, 0.15) is 4.75 Å². The second kappa shape index (κ2) is 5.22. The molecular formula is C13H19NOS2. The molecule has 0 saturated carbocycles. The summed E-state index contributed by atoms with van der Waals surface area (Å²) < 4.78 is 15.2. The second-order valence-electron chi connectivity index (χ2n) is 5.23. The minimum Gasteiger partial charge on any atom is -0.598 e. The molecule has 0 aliphatic carbocycles. The Kier molecular flexibility index (Phi) is 4.08. The summed E-state index contributed by atoms with van der Waals surface area (Å²) in [6, 6.07) is 8.63. The van der Waals surface area contributed by atoms with Gasteiger partial charge < -0.3 is 4.55 Å². The molecule has 1 aromatic rings. The van der Waals surface area contributed by atoms with E-state index >= 15 is 0 Å². The van der Waals surface area contributed by atoms with Crippen LogP contribution in [0.1, 0.15) is 38.8 Å². The van der Waals surface area contributed by atoms with Crippen LogP contribution in [0.4, 0.5) is 0 Å². The van der Waals surface area contributed by atoms with E-state index in [1.807, 2.05) is 32.5 Å². The largest absolute Gasteiger partial charge is 0.598 e. The lowest BCUT2D eigenvalue weighted by molar-refractivity contribution is 0.516. The number of nitrogens with one attached hydrogen (secondary N) is 1. The summed E-state index contributed by atoms with van der Waals surface area (Å²) in [5, 5.41) is 0. The number of benzene rings is 1. The summed E-state index contributed by atoms with van der Waals surface area (Å²) in [5.74, 6) is 1.09. The molecule has 0 fully saturated rings. The summed E-state index contributed by atoms with van der Waals surface area (Å²) >= 11 is 0.887. The summed E-state index contributed by atoms with van der Waals surface area (Å²) in [6.45, 7) is 6.00. The third kappa shape index (κ3) is 3.19. The van der Waals surface area contributed by atoms with E-state index in [0.717, 1.165) is 12.2 Å². The Morgan fingerprint density at radius 3 is 2.76 bits per heavy atom. The SMILES string of the molecule is CC(C)(C)[S@@+]([O-])N[C@H]1CCSc2ccccc21. The first-order valence-corrected chi connectivity index (χ1v) is 8.02. The molecule has 4 heteroatoms. The van der Waals surface area contributed by atoms with E-state index in [-0.39, 0.29) is 10.8 Å². The van der Waals surface area contributed by atoms with Crippen molar-refractivity contribution in [3.8, 4) is 0 Å². The van der Waals surface area contributed by atoms with E-state index in [9.17, 15) is 4.55 Å². The van der Waals surface area contributed by atoms with E-state index in [1.54, 1.807) is 0 Å². The minimum atomic E-state index is -1.00. The van der Waals surface area contributed by atoms with E-state index < -0.39 is 11.4 Å². The van der Waals surface area contributed by atoms with Crippen LogP contribution in [0.25, 0.3) is 0 Å². The molecule has 0 spiro atoms. The molecule has 0 amide bonds.